The van der Waals surface area contributed by atoms with Gasteiger partial charge in [0.05, 0.1) is 19.4 Å². The smallest absolute Gasteiger partial charge is 0.309 e. The molecule has 102 valence electrons. The summed E-state index contributed by atoms with van der Waals surface area (Å²) in [6, 6.07) is 9.38. The van der Waals surface area contributed by atoms with Crippen molar-refractivity contribution in [3.05, 3.63) is 48.6 Å². The normalized spacial score (nSPS) is 11.4. The second-order valence-electron chi connectivity index (χ2n) is 4.09. The average Bonchev–Trinajstić information content (AvgIpc) is 2.45. The van der Waals surface area contributed by atoms with Gasteiger partial charge in [-0.15, -0.1) is 6.58 Å². The predicted molar refractivity (Wildman–Crippen MR) is 71.2 cm³/mol. The van der Waals surface area contributed by atoms with E-state index in [0.717, 1.165) is 5.56 Å². The third-order valence-electron chi connectivity index (χ3n) is 2.64. The maximum absolute atomic E-state index is 11.7. The van der Waals surface area contributed by atoms with E-state index in [1.807, 2.05) is 30.3 Å². The van der Waals surface area contributed by atoms with Crippen LogP contribution < -0.4 is 0 Å². The van der Waals surface area contributed by atoms with Crippen LogP contribution in [0.5, 0.6) is 0 Å². The zero-order valence-electron chi connectivity index (χ0n) is 11.0. The van der Waals surface area contributed by atoms with Gasteiger partial charge in [0, 0.05) is 0 Å². The van der Waals surface area contributed by atoms with Gasteiger partial charge >= 0.3 is 11.9 Å². The second-order valence-corrected chi connectivity index (χ2v) is 4.09. The lowest BCUT2D eigenvalue weighted by molar-refractivity contribution is -0.154. The quantitative estimate of drug-likeness (QED) is 0.559. The van der Waals surface area contributed by atoms with Gasteiger partial charge in [-0.25, -0.2) is 0 Å². The van der Waals surface area contributed by atoms with E-state index >= 15 is 0 Å². The van der Waals surface area contributed by atoms with E-state index in [0.29, 0.717) is 6.42 Å². The number of carbonyl (C=O) groups is 2. The third kappa shape index (κ3) is 5.38. The van der Waals surface area contributed by atoms with Gasteiger partial charge in [-0.2, -0.15) is 0 Å². The van der Waals surface area contributed by atoms with Crippen LogP contribution >= 0.6 is 0 Å². The summed E-state index contributed by atoms with van der Waals surface area (Å²) >= 11 is 0. The molecule has 0 aliphatic carbocycles. The Morgan fingerprint density at radius 2 is 2.00 bits per heavy atom. The van der Waals surface area contributed by atoms with Crippen LogP contribution in [0.4, 0.5) is 0 Å². The van der Waals surface area contributed by atoms with Crippen LogP contribution in [0.1, 0.15) is 18.4 Å². The molecular weight excluding hydrogens is 244 g/mol. The van der Waals surface area contributed by atoms with Crippen molar-refractivity contribution in [2.75, 3.05) is 7.11 Å². The number of methoxy groups -OCH3 is 1. The fraction of sp³-hybridized carbons (Fsp3) is 0.333. The molecular formula is C15H18O4. The zero-order valence-corrected chi connectivity index (χ0v) is 11.0. The molecule has 19 heavy (non-hydrogen) atoms. The molecule has 0 aliphatic heterocycles. The molecule has 4 nitrogen and oxygen atoms in total. The topological polar surface area (TPSA) is 52.6 Å². The molecule has 0 heterocycles. The lowest BCUT2D eigenvalue weighted by Gasteiger charge is -2.12. The number of esters is 2. The van der Waals surface area contributed by atoms with Crippen molar-refractivity contribution in [2.45, 2.75) is 19.4 Å². The predicted octanol–water partition coefficient (Wildman–Crippen LogP) is 2.49. The van der Waals surface area contributed by atoms with E-state index in [9.17, 15) is 9.59 Å². The van der Waals surface area contributed by atoms with E-state index in [2.05, 4.69) is 11.3 Å². The molecule has 0 aromatic heterocycles. The van der Waals surface area contributed by atoms with Crippen LogP contribution in [0.25, 0.3) is 0 Å². The minimum Gasteiger partial charge on any atom is -0.469 e. The monoisotopic (exact) mass is 262 g/mol. The molecule has 0 fully saturated rings. The lowest BCUT2D eigenvalue weighted by atomic mass is 10.0. The molecule has 1 aromatic carbocycles. The first-order valence-electron chi connectivity index (χ1n) is 6.05. The summed E-state index contributed by atoms with van der Waals surface area (Å²) in [6.45, 7) is 3.77. The van der Waals surface area contributed by atoms with E-state index in [-0.39, 0.29) is 13.0 Å². The first-order valence-corrected chi connectivity index (χ1v) is 6.05. The molecule has 0 saturated heterocycles. The largest absolute Gasteiger partial charge is 0.469 e. The van der Waals surface area contributed by atoms with Crippen molar-refractivity contribution in [3.8, 4) is 0 Å². The van der Waals surface area contributed by atoms with Gasteiger partial charge in [0.2, 0.25) is 0 Å². The summed E-state index contributed by atoms with van der Waals surface area (Å²) in [5.41, 5.74) is 0.911. The number of ether oxygens (including phenoxy) is 2. The minimum atomic E-state index is -0.522. The molecule has 0 N–H and O–H groups in total. The van der Waals surface area contributed by atoms with Crippen LogP contribution in [0.2, 0.25) is 0 Å². The van der Waals surface area contributed by atoms with Crippen LogP contribution in [0.3, 0.4) is 0 Å². The molecule has 0 aliphatic rings. The summed E-state index contributed by atoms with van der Waals surface area (Å²) in [5.74, 6) is -1.36. The van der Waals surface area contributed by atoms with Crippen molar-refractivity contribution < 1.29 is 19.1 Å². The molecule has 4 heteroatoms. The molecule has 0 bridgehead atoms. The Kier molecular flexibility index (Phi) is 6.36. The standard InChI is InChI=1S/C15H18O4/c1-3-7-13(15(17)18-2)10-14(16)19-11-12-8-5-4-6-9-12/h3-6,8-9,13H,1,7,10-11H2,2H3. The Bertz CT molecular complexity index is 425. The van der Waals surface area contributed by atoms with Gasteiger partial charge in [0.15, 0.2) is 0 Å². The Labute approximate surface area is 113 Å². The first kappa shape index (κ1) is 15.0. The van der Waals surface area contributed by atoms with Crippen molar-refractivity contribution in [2.24, 2.45) is 5.92 Å². The van der Waals surface area contributed by atoms with Crippen molar-refractivity contribution in [1.82, 2.24) is 0 Å². The van der Waals surface area contributed by atoms with Crippen LogP contribution in [0, 0.1) is 5.92 Å². The zero-order chi connectivity index (χ0) is 14.1. The average molecular weight is 262 g/mol. The van der Waals surface area contributed by atoms with Gasteiger partial charge in [0.25, 0.3) is 0 Å². The minimum absolute atomic E-state index is 0.00548. The van der Waals surface area contributed by atoms with Crippen molar-refractivity contribution >= 4 is 11.9 Å². The highest BCUT2D eigenvalue weighted by Gasteiger charge is 2.22. The third-order valence-corrected chi connectivity index (χ3v) is 2.64. The summed E-state index contributed by atoms with van der Waals surface area (Å²) < 4.78 is 9.75. The van der Waals surface area contributed by atoms with E-state index in [1.165, 1.54) is 7.11 Å². The summed E-state index contributed by atoms with van der Waals surface area (Å²) in [6.07, 6.45) is 1.99. The molecule has 1 unspecified atom stereocenters. The number of benzene rings is 1. The SMILES string of the molecule is C=CCC(CC(=O)OCc1ccccc1)C(=O)OC. The van der Waals surface area contributed by atoms with Gasteiger partial charge in [-0.1, -0.05) is 36.4 Å². The van der Waals surface area contributed by atoms with Crippen LogP contribution in [-0.4, -0.2) is 19.0 Å². The maximum Gasteiger partial charge on any atom is 0.309 e. The van der Waals surface area contributed by atoms with Gasteiger partial charge in [0.1, 0.15) is 6.61 Å². The van der Waals surface area contributed by atoms with E-state index < -0.39 is 17.9 Å². The Morgan fingerprint density at radius 3 is 2.58 bits per heavy atom. The highest BCUT2D eigenvalue weighted by Crippen LogP contribution is 2.13. The highest BCUT2D eigenvalue weighted by molar-refractivity contribution is 5.80. The fourth-order valence-corrected chi connectivity index (χ4v) is 1.63. The summed E-state index contributed by atoms with van der Waals surface area (Å²) in [7, 11) is 1.30. The summed E-state index contributed by atoms with van der Waals surface area (Å²) in [5, 5.41) is 0. The van der Waals surface area contributed by atoms with E-state index in [1.54, 1.807) is 6.08 Å². The van der Waals surface area contributed by atoms with Gasteiger partial charge < -0.3 is 9.47 Å². The Balaban J connectivity index is 2.44. The summed E-state index contributed by atoms with van der Waals surface area (Å²) in [4.78, 5) is 23.1. The number of hydrogen-bond acceptors (Lipinski definition) is 4. The van der Waals surface area contributed by atoms with Crippen molar-refractivity contribution in [3.63, 3.8) is 0 Å². The first-order chi connectivity index (χ1) is 9.17. The van der Waals surface area contributed by atoms with E-state index in [4.69, 9.17) is 4.74 Å². The Hall–Kier alpha value is -2.10. The fourth-order valence-electron chi connectivity index (χ4n) is 1.63. The molecule has 0 radical (unpaired) electrons. The van der Waals surface area contributed by atoms with Gasteiger partial charge in [-0.05, 0) is 12.0 Å². The van der Waals surface area contributed by atoms with Gasteiger partial charge in [-0.3, -0.25) is 9.59 Å². The second kappa shape index (κ2) is 8.08. The number of allylic oxidation sites excluding steroid dienone is 1. The number of carbonyl (C=O) groups excluding carboxylic acids is 2. The Morgan fingerprint density at radius 1 is 1.32 bits per heavy atom. The lowest BCUT2D eigenvalue weighted by Crippen LogP contribution is -2.20. The molecule has 0 saturated carbocycles. The molecule has 1 aromatic rings. The number of hydrogen-bond donors (Lipinski definition) is 0. The maximum atomic E-state index is 11.7. The molecule has 1 rings (SSSR count). The number of rotatable bonds is 7. The van der Waals surface area contributed by atoms with Crippen LogP contribution in [0.15, 0.2) is 43.0 Å². The highest BCUT2D eigenvalue weighted by atomic mass is 16.5. The molecule has 0 spiro atoms. The molecule has 1 atom stereocenters. The molecule has 0 amide bonds. The van der Waals surface area contributed by atoms with Crippen LogP contribution in [-0.2, 0) is 25.7 Å². The van der Waals surface area contributed by atoms with Crippen molar-refractivity contribution in [1.29, 1.82) is 0 Å².